The van der Waals surface area contributed by atoms with Crippen LogP contribution in [0.25, 0.3) is 0 Å². The SMILES string of the molecule is CC1CNC(C)(c2cc(Br)ccc2F)SC1. The molecule has 4 heteroatoms. The van der Waals surface area contributed by atoms with Crippen LogP contribution >= 0.6 is 27.7 Å². The zero-order valence-corrected chi connectivity index (χ0v) is 11.8. The number of thioether (sulfide) groups is 1. The third kappa shape index (κ3) is 2.44. The summed E-state index contributed by atoms with van der Waals surface area (Å²) in [5.41, 5.74) is 0.735. The van der Waals surface area contributed by atoms with Gasteiger partial charge in [0.05, 0.1) is 4.87 Å². The molecule has 2 atom stereocenters. The normalized spacial score (nSPS) is 30.4. The van der Waals surface area contributed by atoms with Gasteiger partial charge in [-0.25, -0.2) is 4.39 Å². The number of hydrogen-bond donors (Lipinski definition) is 1. The molecule has 1 aliphatic heterocycles. The lowest BCUT2D eigenvalue weighted by atomic mass is 10.1. The Morgan fingerprint density at radius 3 is 2.94 bits per heavy atom. The maximum Gasteiger partial charge on any atom is 0.129 e. The van der Waals surface area contributed by atoms with Gasteiger partial charge in [0.25, 0.3) is 0 Å². The van der Waals surface area contributed by atoms with E-state index in [2.05, 4.69) is 35.1 Å². The first-order valence-electron chi connectivity index (χ1n) is 5.36. The summed E-state index contributed by atoms with van der Waals surface area (Å²) in [7, 11) is 0. The molecule has 16 heavy (non-hydrogen) atoms. The van der Waals surface area contributed by atoms with Gasteiger partial charge in [0.2, 0.25) is 0 Å². The molecule has 1 aliphatic rings. The second-order valence-electron chi connectivity index (χ2n) is 4.45. The van der Waals surface area contributed by atoms with Crippen molar-refractivity contribution < 1.29 is 4.39 Å². The summed E-state index contributed by atoms with van der Waals surface area (Å²) in [6.07, 6.45) is 0. The number of rotatable bonds is 1. The monoisotopic (exact) mass is 303 g/mol. The molecule has 0 aliphatic carbocycles. The zero-order chi connectivity index (χ0) is 11.8. The summed E-state index contributed by atoms with van der Waals surface area (Å²) in [6.45, 7) is 5.20. The molecule has 0 bridgehead atoms. The molecule has 0 spiro atoms. The lowest BCUT2D eigenvalue weighted by Gasteiger charge is -2.37. The van der Waals surface area contributed by atoms with Crippen molar-refractivity contribution in [3.05, 3.63) is 34.1 Å². The predicted molar refractivity (Wildman–Crippen MR) is 71.1 cm³/mol. The van der Waals surface area contributed by atoms with E-state index in [4.69, 9.17) is 0 Å². The van der Waals surface area contributed by atoms with Crippen molar-refractivity contribution in [2.75, 3.05) is 12.3 Å². The fraction of sp³-hybridized carbons (Fsp3) is 0.500. The maximum atomic E-state index is 13.8. The second kappa shape index (κ2) is 4.67. The van der Waals surface area contributed by atoms with E-state index in [0.717, 1.165) is 22.3 Å². The van der Waals surface area contributed by atoms with Crippen molar-refractivity contribution in [2.45, 2.75) is 18.7 Å². The molecule has 1 N–H and O–H groups in total. The average molecular weight is 304 g/mol. The largest absolute Gasteiger partial charge is 0.299 e. The van der Waals surface area contributed by atoms with Crippen LogP contribution < -0.4 is 5.32 Å². The molecule has 0 saturated carbocycles. The van der Waals surface area contributed by atoms with Gasteiger partial charge in [0, 0.05) is 16.6 Å². The summed E-state index contributed by atoms with van der Waals surface area (Å²) in [5, 5.41) is 3.43. The quantitative estimate of drug-likeness (QED) is 0.848. The first kappa shape index (κ1) is 12.4. The number of halogens is 2. The van der Waals surface area contributed by atoms with Gasteiger partial charge in [-0.3, -0.25) is 5.32 Å². The van der Waals surface area contributed by atoms with Crippen LogP contribution in [-0.2, 0) is 4.87 Å². The van der Waals surface area contributed by atoms with Crippen LogP contribution in [-0.4, -0.2) is 12.3 Å². The molecule has 1 aromatic rings. The average Bonchev–Trinajstić information content (AvgIpc) is 2.26. The van der Waals surface area contributed by atoms with Gasteiger partial charge in [0.1, 0.15) is 5.82 Å². The highest BCUT2D eigenvalue weighted by molar-refractivity contribution is 9.10. The topological polar surface area (TPSA) is 12.0 Å². The minimum absolute atomic E-state index is 0.139. The van der Waals surface area contributed by atoms with Gasteiger partial charge in [-0.05, 0) is 36.8 Å². The molecule has 2 rings (SSSR count). The van der Waals surface area contributed by atoms with Crippen LogP contribution in [0.15, 0.2) is 22.7 Å². The first-order chi connectivity index (χ1) is 7.51. The van der Waals surface area contributed by atoms with Crippen molar-refractivity contribution in [3.8, 4) is 0 Å². The van der Waals surface area contributed by atoms with Crippen LogP contribution in [0.2, 0.25) is 0 Å². The van der Waals surface area contributed by atoms with Crippen LogP contribution in [0.4, 0.5) is 4.39 Å². The minimum Gasteiger partial charge on any atom is -0.299 e. The molecule has 1 heterocycles. The predicted octanol–water partition coefficient (Wildman–Crippen LogP) is 3.73. The molecule has 1 saturated heterocycles. The van der Waals surface area contributed by atoms with Crippen LogP contribution in [0.1, 0.15) is 19.4 Å². The molecule has 1 fully saturated rings. The second-order valence-corrected chi connectivity index (χ2v) is 6.81. The Bertz CT molecular complexity index is 389. The van der Waals surface area contributed by atoms with Crippen LogP contribution in [0.3, 0.4) is 0 Å². The summed E-state index contributed by atoms with van der Waals surface area (Å²) in [6, 6.07) is 5.12. The van der Waals surface area contributed by atoms with E-state index in [0.29, 0.717) is 5.92 Å². The van der Waals surface area contributed by atoms with Gasteiger partial charge < -0.3 is 0 Å². The van der Waals surface area contributed by atoms with Crippen molar-refractivity contribution in [1.29, 1.82) is 0 Å². The van der Waals surface area contributed by atoms with Crippen molar-refractivity contribution in [3.63, 3.8) is 0 Å². The van der Waals surface area contributed by atoms with Crippen molar-refractivity contribution in [1.82, 2.24) is 5.32 Å². The summed E-state index contributed by atoms with van der Waals surface area (Å²) < 4.78 is 14.7. The molecule has 1 aromatic carbocycles. The first-order valence-corrected chi connectivity index (χ1v) is 7.13. The van der Waals surface area contributed by atoms with Crippen molar-refractivity contribution in [2.24, 2.45) is 5.92 Å². The van der Waals surface area contributed by atoms with E-state index >= 15 is 0 Å². The molecular formula is C12H15BrFNS. The number of nitrogens with one attached hydrogen (secondary N) is 1. The Labute approximate surface area is 108 Å². The Balaban J connectivity index is 2.32. The highest BCUT2D eigenvalue weighted by Gasteiger charge is 2.33. The van der Waals surface area contributed by atoms with E-state index in [1.807, 2.05) is 6.07 Å². The highest BCUT2D eigenvalue weighted by atomic mass is 79.9. The zero-order valence-electron chi connectivity index (χ0n) is 9.39. The molecule has 0 amide bonds. The molecule has 1 nitrogen and oxygen atoms in total. The molecular weight excluding hydrogens is 289 g/mol. The van der Waals surface area contributed by atoms with Gasteiger partial charge in [-0.15, -0.1) is 11.8 Å². The van der Waals surface area contributed by atoms with Crippen LogP contribution in [0, 0.1) is 11.7 Å². The van der Waals surface area contributed by atoms with E-state index in [1.165, 1.54) is 6.07 Å². The highest BCUT2D eigenvalue weighted by Crippen LogP contribution is 2.39. The Morgan fingerprint density at radius 2 is 2.31 bits per heavy atom. The molecule has 0 radical (unpaired) electrons. The summed E-state index contributed by atoms with van der Waals surface area (Å²) in [4.78, 5) is -0.305. The third-order valence-corrected chi connectivity index (χ3v) is 5.06. The fourth-order valence-corrected chi connectivity index (χ4v) is 3.42. The smallest absolute Gasteiger partial charge is 0.129 e. The Hall–Kier alpha value is -0.0600. The van der Waals surface area contributed by atoms with Gasteiger partial charge in [-0.2, -0.15) is 0 Å². The van der Waals surface area contributed by atoms with Gasteiger partial charge >= 0.3 is 0 Å². The Morgan fingerprint density at radius 1 is 1.56 bits per heavy atom. The number of benzene rings is 1. The fourth-order valence-electron chi connectivity index (χ4n) is 1.82. The molecule has 0 aromatic heterocycles. The van der Waals surface area contributed by atoms with E-state index in [9.17, 15) is 4.39 Å². The number of hydrogen-bond acceptors (Lipinski definition) is 2. The lowest BCUT2D eigenvalue weighted by molar-refractivity contribution is 0.428. The Kier molecular flexibility index (Phi) is 3.62. The lowest BCUT2D eigenvalue weighted by Crippen LogP contribution is -2.44. The molecule has 2 unspecified atom stereocenters. The minimum atomic E-state index is -0.305. The van der Waals surface area contributed by atoms with Crippen LogP contribution in [0.5, 0.6) is 0 Å². The maximum absolute atomic E-state index is 13.8. The van der Waals surface area contributed by atoms with Crippen molar-refractivity contribution >= 4 is 27.7 Å². The van der Waals surface area contributed by atoms with E-state index in [-0.39, 0.29) is 10.7 Å². The third-order valence-electron chi connectivity index (χ3n) is 2.89. The van der Waals surface area contributed by atoms with Gasteiger partial charge in [0.15, 0.2) is 0 Å². The van der Waals surface area contributed by atoms with E-state index in [1.54, 1.807) is 17.8 Å². The van der Waals surface area contributed by atoms with E-state index < -0.39 is 0 Å². The van der Waals surface area contributed by atoms with Gasteiger partial charge in [-0.1, -0.05) is 22.9 Å². The molecule has 88 valence electrons. The summed E-state index contributed by atoms with van der Waals surface area (Å²) in [5.74, 6) is 1.57. The standard InChI is InChI=1S/C12H15BrFNS/c1-8-6-15-12(2,16-7-8)10-5-9(13)3-4-11(10)14/h3-5,8,15H,6-7H2,1-2H3. The summed E-state index contributed by atoms with van der Waals surface area (Å²) >= 11 is 5.17.